The molecular weight excluding hydrogens is 410 g/mol. The van der Waals surface area contributed by atoms with Gasteiger partial charge in [0.15, 0.2) is 0 Å². The monoisotopic (exact) mass is 445 g/mol. The van der Waals surface area contributed by atoms with Crippen LogP contribution in [0.5, 0.6) is 0 Å². The number of likely N-dealkylation sites (tertiary alicyclic amines) is 1. The number of unbranched alkanes of at least 4 members (excludes halogenated alkanes) is 1. The minimum atomic E-state index is -0.973. The number of alkyl carbamates (subject to hydrolysis) is 1. The van der Waals surface area contributed by atoms with E-state index in [1.54, 1.807) is 11.8 Å². The Morgan fingerprint density at radius 3 is 2.38 bits per heavy atom. The van der Waals surface area contributed by atoms with Crippen LogP contribution in [0, 0.1) is 5.41 Å². The molecule has 0 bridgehead atoms. The summed E-state index contributed by atoms with van der Waals surface area (Å²) in [6.45, 7) is 9.88. The summed E-state index contributed by atoms with van der Waals surface area (Å²) in [5, 5.41) is 5.29. The van der Waals surface area contributed by atoms with Crippen molar-refractivity contribution in [2.45, 2.75) is 72.1 Å². The third-order valence-electron chi connectivity index (χ3n) is 5.88. The highest BCUT2D eigenvalue weighted by molar-refractivity contribution is 6.38. The second kappa shape index (κ2) is 11.1. The van der Waals surface area contributed by atoms with E-state index in [1.165, 1.54) is 6.92 Å². The van der Waals surface area contributed by atoms with Gasteiger partial charge in [0.05, 0.1) is 12.6 Å². The van der Waals surface area contributed by atoms with Crippen LogP contribution in [0.4, 0.5) is 4.79 Å². The molecule has 1 heterocycles. The molecule has 1 aliphatic rings. The zero-order valence-electron chi connectivity index (χ0n) is 19.6. The van der Waals surface area contributed by atoms with Crippen LogP contribution < -0.4 is 10.6 Å². The highest BCUT2D eigenvalue weighted by atomic mass is 16.6. The molecule has 0 aliphatic carbocycles. The van der Waals surface area contributed by atoms with Gasteiger partial charge in [-0.15, -0.1) is 0 Å². The molecule has 0 spiro atoms. The molecule has 0 radical (unpaired) electrons. The Morgan fingerprint density at radius 1 is 1.16 bits per heavy atom. The molecule has 8 heteroatoms. The smallest absolute Gasteiger partial charge is 0.408 e. The van der Waals surface area contributed by atoms with Gasteiger partial charge in [-0.2, -0.15) is 0 Å². The fourth-order valence-corrected chi connectivity index (χ4v) is 3.78. The van der Waals surface area contributed by atoms with E-state index in [4.69, 9.17) is 4.74 Å². The first-order valence-electron chi connectivity index (χ1n) is 11.2. The molecule has 8 nitrogen and oxygen atoms in total. The number of benzene rings is 1. The first kappa shape index (κ1) is 25.4. The van der Waals surface area contributed by atoms with Crippen LogP contribution in [0.15, 0.2) is 30.3 Å². The average Bonchev–Trinajstić information content (AvgIpc) is 3.05. The van der Waals surface area contributed by atoms with Gasteiger partial charge in [-0.05, 0) is 18.9 Å². The van der Waals surface area contributed by atoms with E-state index in [-0.39, 0.29) is 11.9 Å². The number of ketones is 1. The van der Waals surface area contributed by atoms with Crippen molar-refractivity contribution in [3.63, 3.8) is 0 Å². The fraction of sp³-hybridized carbons (Fsp3) is 0.583. The molecule has 2 N–H and O–H groups in total. The summed E-state index contributed by atoms with van der Waals surface area (Å²) < 4.78 is 5.57. The lowest BCUT2D eigenvalue weighted by atomic mass is 9.90. The van der Waals surface area contributed by atoms with Crippen LogP contribution >= 0.6 is 0 Å². The van der Waals surface area contributed by atoms with E-state index in [0.29, 0.717) is 25.9 Å². The van der Waals surface area contributed by atoms with Crippen molar-refractivity contribution < 1.29 is 23.9 Å². The van der Waals surface area contributed by atoms with Crippen molar-refractivity contribution in [3.8, 4) is 0 Å². The van der Waals surface area contributed by atoms with Gasteiger partial charge in [-0.25, -0.2) is 4.79 Å². The minimum absolute atomic E-state index is 0.0789. The highest BCUT2D eigenvalue weighted by Crippen LogP contribution is 2.32. The Balaban J connectivity index is 2.00. The van der Waals surface area contributed by atoms with Crippen molar-refractivity contribution >= 4 is 23.7 Å². The number of hydrogen-bond donors (Lipinski definition) is 2. The Morgan fingerprint density at radius 2 is 1.81 bits per heavy atom. The fourth-order valence-electron chi connectivity index (χ4n) is 3.78. The van der Waals surface area contributed by atoms with Gasteiger partial charge in [-0.3, -0.25) is 14.4 Å². The van der Waals surface area contributed by atoms with Crippen LogP contribution in [-0.4, -0.2) is 53.8 Å². The lowest BCUT2D eigenvalue weighted by molar-refractivity contribution is -0.139. The quantitative estimate of drug-likeness (QED) is 0.569. The lowest BCUT2D eigenvalue weighted by Gasteiger charge is -2.26. The number of rotatable bonds is 9. The van der Waals surface area contributed by atoms with Gasteiger partial charge < -0.3 is 20.3 Å². The number of nitrogens with zero attached hydrogens (tertiary/aromatic N) is 1. The lowest BCUT2D eigenvalue weighted by Crippen LogP contribution is -2.49. The zero-order valence-corrected chi connectivity index (χ0v) is 19.6. The van der Waals surface area contributed by atoms with Gasteiger partial charge in [0.25, 0.3) is 5.91 Å². The number of nitrogens with one attached hydrogen (secondary N) is 2. The Labute approximate surface area is 190 Å². The Bertz CT molecular complexity index is 824. The van der Waals surface area contributed by atoms with Gasteiger partial charge in [0, 0.05) is 18.9 Å². The van der Waals surface area contributed by atoms with Crippen LogP contribution in [0.3, 0.4) is 0 Å². The third-order valence-corrected chi connectivity index (χ3v) is 5.88. The van der Waals surface area contributed by atoms with Crippen LogP contribution in [0.25, 0.3) is 0 Å². The minimum Gasteiger partial charge on any atom is -0.444 e. The maximum absolute atomic E-state index is 12.8. The first-order valence-corrected chi connectivity index (χ1v) is 11.2. The molecule has 1 aromatic rings. The SMILES string of the molecule is CCCC[C@H](NC(=O)O[C@H]1CN(C(C)=O)CC1(C)C)C(=O)C(=O)N[C@H](C)c1ccccc1. The molecule has 3 amide bonds. The summed E-state index contributed by atoms with van der Waals surface area (Å²) in [7, 11) is 0. The highest BCUT2D eigenvalue weighted by Gasteiger charge is 2.43. The normalized spacial score (nSPS) is 19.0. The Kier molecular flexibility index (Phi) is 8.80. The second-order valence-electron chi connectivity index (χ2n) is 9.09. The van der Waals surface area contributed by atoms with Crippen molar-refractivity contribution in [1.82, 2.24) is 15.5 Å². The molecule has 1 aliphatic heterocycles. The van der Waals surface area contributed by atoms with Crippen molar-refractivity contribution in [2.24, 2.45) is 5.41 Å². The Hall–Kier alpha value is -2.90. The van der Waals surface area contributed by atoms with E-state index in [2.05, 4.69) is 10.6 Å². The molecule has 2 rings (SSSR count). The van der Waals surface area contributed by atoms with Crippen LogP contribution in [0.2, 0.25) is 0 Å². The standard InChI is InChI=1S/C24H35N3O5/c1-6-7-13-19(21(29)22(30)25-16(2)18-11-9-8-10-12-18)26-23(31)32-20-14-27(17(3)28)15-24(20,4)5/h8-12,16,19-20H,6-7,13-15H2,1-5H3,(H,25,30)(H,26,31)/t16-,19+,20+/m1/s1. The summed E-state index contributed by atoms with van der Waals surface area (Å²) >= 11 is 0. The van der Waals surface area contributed by atoms with Gasteiger partial charge in [-0.1, -0.05) is 63.9 Å². The molecule has 0 unspecified atom stereocenters. The maximum Gasteiger partial charge on any atom is 0.408 e. The molecule has 1 fully saturated rings. The summed E-state index contributed by atoms with van der Waals surface area (Å²) in [6, 6.07) is 8.02. The average molecular weight is 446 g/mol. The molecule has 1 aromatic carbocycles. The summed E-state index contributed by atoms with van der Waals surface area (Å²) in [6.07, 6.45) is 0.564. The van der Waals surface area contributed by atoms with E-state index in [9.17, 15) is 19.2 Å². The predicted molar refractivity (Wildman–Crippen MR) is 121 cm³/mol. The number of ether oxygens (including phenoxy) is 1. The van der Waals surface area contributed by atoms with E-state index in [0.717, 1.165) is 12.0 Å². The number of hydrogen-bond acceptors (Lipinski definition) is 5. The van der Waals surface area contributed by atoms with Crippen molar-refractivity contribution in [2.75, 3.05) is 13.1 Å². The molecule has 0 aromatic heterocycles. The van der Waals surface area contributed by atoms with E-state index < -0.39 is 35.3 Å². The number of amides is 3. The zero-order chi connectivity index (χ0) is 23.9. The molecule has 3 atom stereocenters. The first-order chi connectivity index (χ1) is 15.0. The van der Waals surface area contributed by atoms with E-state index >= 15 is 0 Å². The molecular formula is C24H35N3O5. The van der Waals surface area contributed by atoms with Gasteiger partial charge in [0.2, 0.25) is 11.7 Å². The predicted octanol–water partition coefficient (Wildman–Crippen LogP) is 2.97. The molecule has 32 heavy (non-hydrogen) atoms. The second-order valence-corrected chi connectivity index (χ2v) is 9.09. The van der Waals surface area contributed by atoms with Crippen molar-refractivity contribution in [3.05, 3.63) is 35.9 Å². The topological polar surface area (TPSA) is 105 Å². The van der Waals surface area contributed by atoms with Gasteiger partial charge >= 0.3 is 6.09 Å². The summed E-state index contributed by atoms with van der Waals surface area (Å²) in [5.74, 6) is -1.52. The summed E-state index contributed by atoms with van der Waals surface area (Å²) in [5.41, 5.74) is 0.471. The largest absolute Gasteiger partial charge is 0.444 e. The van der Waals surface area contributed by atoms with E-state index in [1.807, 2.05) is 51.1 Å². The number of Topliss-reactive ketones (excluding diaryl/α,β-unsaturated/α-hetero) is 1. The molecule has 0 saturated carbocycles. The summed E-state index contributed by atoms with van der Waals surface area (Å²) in [4.78, 5) is 51.3. The molecule has 1 saturated heterocycles. The van der Waals surface area contributed by atoms with Gasteiger partial charge in [0.1, 0.15) is 12.1 Å². The molecule has 176 valence electrons. The van der Waals surface area contributed by atoms with Crippen LogP contribution in [0.1, 0.15) is 65.5 Å². The maximum atomic E-state index is 12.8. The number of carbonyl (C=O) groups is 4. The third kappa shape index (κ3) is 6.80. The van der Waals surface area contributed by atoms with Crippen LogP contribution in [-0.2, 0) is 19.1 Å². The van der Waals surface area contributed by atoms with Crippen molar-refractivity contribution in [1.29, 1.82) is 0 Å². The number of carbonyl (C=O) groups excluding carboxylic acids is 4.